The number of hydrogen-bond donors (Lipinski definition) is 1. The molecule has 0 saturated carbocycles. The van der Waals surface area contributed by atoms with Gasteiger partial charge in [0.1, 0.15) is 18.4 Å². The lowest BCUT2D eigenvalue weighted by Gasteiger charge is -2.24. The summed E-state index contributed by atoms with van der Waals surface area (Å²) in [7, 11) is 0. The highest BCUT2D eigenvalue weighted by Crippen LogP contribution is 2.23. The number of fused-ring (bicyclic) bond motifs is 1. The molecule has 3 rings (SSSR count). The molecule has 0 radical (unpaired) electrons. The number of aromatic nitrogens is 1. The number of nitrogens with one attached hydrogen (secondary N) is 1. The quantitative estimate of drug-likeness (QED) is 0.923. The van der Waals surface area contributed by atoms with Crippen molar-refractivity contribution < 1.29 is 14.3 Å². The molecular formula is C16H14N2O3. The number of amides is 1. The Morgan fingerprint density at radius 2 is 2.14 bits per heavy atom. The van der Waals surface area contributed by atoms with Crippen LogP contribution in [0, 0.1) is 0 Å². The molecule has 0 spiro atoms. The molecular weight excluding hydrogens is 268 g/mol. The molecule has 1 aliphatic heterocycles. The van der Waals surface area contributed by atoms with Crippen molar-refractivity contribution in [1.82, 2.24) is 10.3 Å². The zero-order chi connectivity index (χ0) is 14.7. The van der Waals surface area contributed by atoms with Crippen molar-refractivity contribution in [2.75, 3.05) is 6.61 Å². The van der Waals surface area contributed by atoms with Crippen LogP contribution >= 0.6 is 0 Å². The highest BCUT2D eigenvalue weighted by Gasteiger charge is 2.29. The lowest BCUT2D eigenvalue weighted by atomic mass is 10.0. The molecule has 0 saturated heterocycles. The van der Waals surface area contributed by atoms with Gasteiger partial charge in [0.25, 0.3) is 0 Å². The number of carbonyl (C=O) groups is 2. The Morgan fingerprint density at radius 3 is 2.95 bits per heavy atom. The molecule has 1 amide bonds. The average Bonchev–Trinajstić information content (AvgIpc) is 2.51. The fourth-order valence-electron chi connectivity index (χ4n) is 2.27. The summed E-state index contributed by atoms with van der Waals surface area (Å²) in [5.41, 5.74) is 1.31. The molecule has 1 aromatic heterocycles. The van der Waals surface area contributed by atoms with Gasteiger partial charge in [-0.3, -0.25) is 14.6 Å². The van der Waals surface area contributed by atoms with Crippen LogP contribution in [0.2, 0.25) is 0 Å². The van der Waals surface area contributed by atoms with Gasteiger partial charge in [0, 0.05) is 12.4 Å². The maximum absolute atomic E-state index is 12.3. The van der Waals surface area contributed by atoms with E-state index < -0.39 is 6.04 Å². The van der Waals surface area contributed by atoms with Gasteiger partial charge in [-0.1, -0.05) is 18.2 Å². The summed E-state index contributed by atoms with van der Waals surface area (Å²) in [4.78, 5) is 28.2. The normalized spacial score (nSPS) is 16.8. The first-order valence-corrected chi connectivity index (χ1v) is 6.68. The van der Waals surface area contributed by atoms with Crippen LogP contribution < -0.4 is 10.1 Å². The minimum absolute atomic E-state index is 0.114. The second-order valence-corrected chi connectivity index (χ2v) is 4.83. The van der Waals surface area contributed by atoms with Gasteiger partial charge in [-0.25, -0.2) is 0 Å². The number of carbonyl (C=O) groups excluding carboxylic acids is 2. The first-order chi connectivity index (χ1) is 10.2. The van der Waals surface area contributed by atoms with E-state index in [1.807, 2.05) is 12.1 Å². The summed E-state index contributed by atoms with van der Waals surface area (Å²) in [5.74, 6) is 0.237. The van der Waals surface area contributed by atoms with Gasteiger partial charge < -0.3 is 10.1 Å². The van der Waals surface area contributed by atoms with Crippen molar-refractivity contribution in [3.05, 3.63) is 59.9 Å². The SMILES string of the molecule is O=C(Cc1cccnc1)N[C@@H]1COc2ccccc2C1=O. The van der Waals surface area contributed by atoms with Crippen LogP contribution in [0.4, 0.5) is 0 Å². The third-order valence-corrected chi connectivity index (χ3v) is 3.30. The minimum atomic E-state index is -0.635. The smallest absolute Gasteiger partial charge is 0.225 e. The van der Waals surface area contributed by atoms with Crippen LogP contribution in [0.15, 0.2) is 48.8 Å². The van der Waals surface area contributed by atoms with Gasteiger partial charge in [0.15, 0.2) is 5.78 Å². The Balaban J connectivity index is 1.66. The fraction of sp³-hybridized carbons (Fsp3) is 0.188. The number of ketones is 1. The molecule has 5 nitrogen and oxygen atoms in total. The second kappa shape index (κ2) is 5.75. The van der Waals surface area contributed by atoms with Crippen LogP contribution in [-0.4, -0.2) is 29.3 Å². The standard InChI is InChI=1S/C16H14N2O3/c19-15(8-11-4-3-7-17-9-11)18-13-10-21-14-6-2-1-5-12(14)16(13)20/h1-7,9,13H,8,10H2,(H,18,19)/t13-/m1/s1. The third-order valence-electron chi connectivity index (χ3n) is 3.30. The minimum Gasteiger partial charge on any atom is -0.490 e. The molecule has 21 heavy (non-hydrogen) atoms. The summed E-state index contributed by atoms with van der Waals surface area (Å²) in [5, 5.41) is 2.72. The van der Waals surface area contributed by atoms with Crippen LogP contribution in [0.3, 0.4) is 0 Å². The van der Waals surface area contributed by atoms with Crippen LogP contribution in [0.25, 0.3) is 0 Å². The van der Waals surface area contributed by atoms with Gasteiger partial charge in [0.2, 0.25) is 5.91 Å². The highest BCUT2D eigenvalue weighted by atomic mass is 16.5. The van der Waals surface area contributed by atoms with Crippen LogP contribution in [0.1, 0.15) is 15.9 Å². The molecule has 1 aliphatic rings. The average molecular weight is 282 g/mol. The zero-order valence-electron chi connectivity index (χ0n) is 11.3. The predicted octanol–water partition coefficient (Wildman–Crippen LogP) is 1.38. The molecule has 2 aromatic rings. The molecule has 106 valence electrons. The largest absolute Gasteiger partial charge is 0.490 e. The number of hydrogen-bond acceptors (Lipinski definition) is 4. The van der Waals surface area contributed by atoms with Crippen LogP contribution in [-0.2, 0) is 11.2 Å². The third kappa shape index (κ3) is 2.91. The Bertz CT molecular complexity index is 670. The molecule has 0 fully saturated rings. The van der Waals surface area contributed by atoms with E-state index in [1.165, 1.54) is 0 Å². The highest BCUT2D eigenvalue weighted by molar-refractivity contribution is 6.05. The Labute approximate surface area is 122 Å². The Hall–Kier alpha value is -2.69. The van der Waals surface area contributed by atoms with E-state index in [0.717, 1.165) is 5.56 Å². The summed E-state index contributed by atoms with van der Waals surface area (Å²) >= 11 is 0. The maximum atomic E-state index is 12.3. The van der Waals surface area contributed by atoms with Gasteiger partial charge >= 0.3 is 0 Å². The first kappa shape index (κ1) is 13.3. The van der Waals surface area contributed by atoms with Crippen LogP contribution in [0.5, 0.6) is 5.75 Å². The molecule has 0 aliphatic carbocycles. The lowest BCUT2D eigenvalue weighted by molar-refractivity contribution is -0.121. The topological polar surface area (TPSA) is 68.3 Å². The summed E-state index contributed by atoms with van der Waals surface area (Å²) in [6, 6.07) is 10.0. The number of ether oxygens (including phenoxy) is 1. The van der Waals surface area contributed by atoms with Crippen molar-refractivity contribution in [2.24, 2.45) is 0 Å². The number of Topliss-reactive ketones (excluding diaryl/α,β-unsaturated/α-hetero) is 1. The number of rotatable bonds is 3. The van der Waals surface area contributed by atoms with Crippen molar-refractivity contribution in [3.63, 3.8) is 0 Å². The fourth-order valence-corrected chi connectivity index (χ4v) is 2.27. The van der Waals surface area contributed by atoms with Crippen molar-refractivity contribution in [3.8, 4) is 5.75 Å². The van der Waals surface area contributed by atoms with E-state index in [4.69, 9.17) is 4.74 Å². The molecule has 1 aromatic carbocycles. The van der Waals surface area contributed by atoms with E-state index >= 15 is 0 Å². The molecule has 5 heteroatoms. The first-order valence-electron chi connectivity index (χ1n) is 6.68. The summed E-state index contributed by atoms with van der Waals surface area (Å²) in [6.07, 6.45) is 3.48. The Morgan fingerprint density at radius 1 is 1.29 bits per heavy atom. The van der Waals surface area contributed by atoms with Crippen molar-refractivity contribution in [2.45, 2.75) is 12.5 Å². The van der Waals surface area contributed by atoms with Gasteiger partial charge in [-0.2, -0.15) is 0 Å². The van der Waals surface area contributed by atoms with E-state index in [1.54, 1.807) is 36.7 Å². The summed E-state index contributed by atoms with van der Waals surface area (Å²) < 4.78 is 5.51. The Kier molecular flexibility index (Phi) is 3.64. The van der Waals surface area contributed by atoms with E-state index in [-0.39, 0.29) is 24.7 Å². The second-order valence-electron chi connectivity index (χ2n) is 4.83. The zero-order valence-corrected chi connectivity index (χ0v) is 11.3. The van der Waals surface area contributed by atoms with E-state index in [2.05, 4.69) is 10.3 Å². The van der Waals surface area contributed by atoms with Crippen molar-refractivity contribution in [1.29, 1.82) is 0 Å². The molecule has 0 bridgehead atoms. The van der Waals surface area contributed by atoms with E-state index in [9.17, 15) is 9.59 Å². The maximum Gasteiger partial charge on any atom is 0.225 e. The predicted molar refractivity (Wildman–Crippen MR) is 76.1 cm³/mol. The van der Waals surface area contributed by atoms with Gasteiger partial charge in [-0.15, -0.1) is 0 Å². The number of nitrogens with zero attached hydrogens (tertiary/aromatic N) is 1. The monoisotopic (exact) mass is 282 g/mol. The van der Waals surface area contributed by atoms with E-state index in [0.29, 0.717) is 11.3 Å². The molecule has 1 N–H and O–H groups in total. The van der Waals surface area contributed by atoms with Gasteiger partial charge in [0.05, 0.1) is 12.0 Å². The number of benzene rings is 1. The lowest BCUT2D eigenvalue weighted by Crippen LogP contribution is -2.47. The molecule has 2 heterocycles. The van der Waals surface area contributed by atoms with Gasteiger partial charge in [-0.05, 0) is 23.8 Å². The summed E-state index contributed by atoms with van der Waals surface area (Å²) in [6.45, 7) is 0.161. The molecule has 0 unspecified atom stereocenters. The molecule has 1 atom stereocenters. The number of pyridine rings is 1. The van der Waals surface area contributed by atoms with Crippen molar-refractivity contribution >= 4 is 11.7 Å². The number of para-hydroxylation sites is 1.